The lowest BCUT2D eigenvalue weighted by molar-refractivity contribution is -0.137. The van der Waals surface area contributed by atoms with Crippen LogP contribution in [0.15, 0.2) is 77.7 Å². The molecule has 208 valence electrons. The fourth-order valence-electron chi connectivity index (χ4n) is 4.80. The summed E-state index contributed by atoms with van der Waals surface area (Å²) in [5, 5.41) is 12.6. The zero-order chi connectivity index (χ0) is 28.2. The number of aliphatic hydroxyl groups is 1. The van der Waals surface area contributed by atoms with Crippen LogP contribution >= 0.6 is 0 Å². The summed E-state index contributed by atoms with van der Waals surface area (Å²) in [6, 6.07) is 17.8. The minimum Gasteiger partial charge on any atom is -0.394 e. The first-order valence-electron chi connectivity index (χ1n) is 12.8. The van der Waals surface area contributed by atoms with E-state index in [2.05, 4.69) is 10.2 Å². The lowest BCUT2D eigenvalue weighted by Crippen LogP contribution is -2.34. The van der Waals surface area contributed by atoms with E-state index in [0.29, 0.717) is 17.7 Å². The molecular weight excluding hydrogens is 529 g/mol. The molecule has 1 heterocycles. The van der Waals surface area contributed by atoms with Crippen LogP contribution < -0.4 is 10.2 Å². The van der Waals surface area contributed by atoms with Crippen molar-refractivity contribution in [2.24, 2.45) is 0 Å². The van der Waals surface area contributed by atoms with Gasteiger partial charge in [0.25, 0.3) is 5.91 Å². The van der Waals surface area contributed by atoms with Crippen molar-refractivity contribution in [3.8, 4) is 0 Å². The molecule has 0 bridgehead atoms. The molecule has 6 nitrogen and oxygen atoms in total. The van der Waals surface area contributed by atoms with Gasteiger partial charge in [-0.1, -0.05) is 31.2 Å². The van der Waals surface area contributed by atoms with Gasteiger partial charge in [0.05, 0.1) is 28.9 Å². The molecule has 3 aromatic carbocycles. The molecule has 1 saturated heterocycles. The van der Waals surface area contributed by atoms with Crippen molar-refractivity contribution in [1.29, 1.82) is 0 Å². The summed E-state index contributed by atoms with van der Waals surface area (Å²) in [5.41, 5.74) is 2.12. The quantitative estimate of drug-likeness (QED) is 0.388. The van der Waals surface area contributed by atoms with Crippen molar-refractivity contribution < 1.29 is 31.5 Å². The van der Waals surface area contributed by atoms with E-state index < -0.39 is 27.6 Å². The van der Waals surface area contributed by atoms with Crippen LogP contribution in [0.1, 0.15) is 58.8 Å². The largest absolute Gasteiger partial charge is 0.416 e. The predicted molar refractivity (Wildman–Crippen MR) is 144 cm³/mol. The van der Waals surface area contributed by atoms with Gasteiger partial charge in [-0.2, -0.15) is 13.2 Å². The molecule has 1 amide bonds. The Morgan fingerprint density at radius 2 is 1.67 bits per heavy atom. The van der Waals surface area contributed by atoms with Crippen LogP contribution in [0.25, 0.3) is 0 Å². The number of halogens is 3. The van der Waals surface area contributed by atoms with Gasteiger partial charge in [0, 0.05) is 30.3 Å². The van der Waals surface area contributed by atoms with Crippen LogP contribution in [0.5, 0.6) is 0 Å². The Bertz CT molecular complexity index is 1370. The monoisotopic (exact) mass is 560 g/mol. The molecule has 0 aliphatic carbocycles. The van der Waals surface area contributed by atoms with Crippen molar-refractivity contribution in [1.82, 2.24) is 5.32 Å². The zero-order valence-electron chi connectivity index (χ0n) is 21.5. The van der Waals surface area contributed by atoms with E-state index in [0.717, 1.165) is 42.8 Å². The lowest BCUT2D eigenvalue weighted by Gasteiger charge is -2.35. The summed E-state index contributed by atoms with van der Waals surface area (Å²) in [7, 11) is -3.35. The maximum absolute atomic E-state index is 12.9. The van der Waals surface area contributed by atoms with E-state index in [9.17, 15) is 31.5 Å². The fourth-order valence-corrected chi connectivity index (χ4v) is 5.69. The number of carbonyl (C=O) groups excluding carboxylic acids is 1. The lowest BCUT2D eigenvalue weighted by atomic mass is 9.90. The zero-order valence-corrected chi connectivity index (χ0v) is 22.3. The summed E-state index contributed by atoms with van der Waals surface area (Å²) in [5.74, 6) is -0.296. The Hall–Kier alpha value is -3.37. The minimum absolute atomic E-state index is 0.0182. The van der Waals surface area contributed by atoms with E-state index in [1.54, 1.807) is 43.3 Å². The highest BCUT2D eigenvalue weighted by atomic mass is 32.2. The van der Waals surface area contributed by atoms with Crippen LogP contribution in [0.4, 0.5) is 18.9 Å². The number of benzene rings is 3. The van der Waals surface area contributed by atoms with E-state index in [4.69, 9.17) is 0 Å². The highest BCUT2D eigenvalue weighted by Crippen LogP contribution is 2.33. The van der Waals surface area contributed by atoms with E-state index >= 15 is 0 Å². The van der Waals surface area contributed by atoms with Gasteiger partial charge in [0.15, 0.2) is 9.84 Å². The summed E-state index contributed by atoms with van der Waals surface area (Å²) in [6.45, 7) is 2.67. The van der Waals surface area contributed by atoms with Crippen molar-refractivity contribution >= 4 is 21.4 Å². The Labute approximate surface area is 226 Å². The van der Waals surface area contributed by atoms with Gasteiger partial charge in [0.2, 0.25) is 0 Å². The van der Waals surface area contributed by atoms with Crippen LogP contribution in [0, 0.1) is 0 Å². The molecule has 2 atom stereocenters. The molecule has 0 aromatic heterocycles. The second kappa shape index (κ2) is 11.8. The van der Waals surface area contributed by atoms with Gasteiger partial charge in [-0.05, 0) is 72.5 Å². The number of carbonyl (C=O) groups is 1. The maximum Gasteiger partial charge on any atom is 0.416 e. The van der Waals surface area contributed by atoms with Crippen molar-refractivity contribution in [2.75, 3.05) is 30.3 Å². The third-order valence-electron chi connectivity index (χ3n) is 7.13. The normalized spacial score (nSPS) is 17.1. The summed E-state index contributed by atoms with van der Waals surface area (Å²) in [6.07, 6.45) is -2.58. The maximum atomic E-state index is 12.9. The number of hydrogen-bond donors (Lipinski definition) is 2. The van der Waals surface area contributed by atoms with Crippen molar-refractivity contribution in [2.45, 2.75) is 42.8 Å². The molecule has 2 N–H and O–H groups in total. The van der Waals surface area contributed by atoms with Gasteiger partial charge in [-0.3, -0.25) is 4.79 Å². The molecule has 3 aromatic rings. The first-order valence-corrected chi connectivity index (χ1v) is 14.4. The van der Waals surface area contributed by atoms with Gasteiger partial charge in [-0.15, -0.1) is 0 Å². The molecule has 1 fully saturated rings. The van der Waals surface area contributed by atoms with E-state index in [-0.39, 0.29) is 29.1 Å². The molecular formula is C29H31F3N2O4S. The van der Waals surface area contributed by atoms with Crippen LogP contribution in [-0.2, 0) is 16.0 Å². The average molecular weight is 561 g/mol. The number of piperidine rings is 1. The molecule has 10 heteroatoms. The number of alkyl halides is 3. The minimum atomic E-state index is -4.36. The van der Waals surface area contributed by atoms with Crippen LogP contribution in [0.2, 0.25) is 0 Å². The SMILES string of the molecule is CCS(=O)(=O)c1ccc([C@H](CO)NC(=O)c2ccc(N3CCC[C@H](c4ccc(C(F)(F)F)cc4)C3)cc2)cc1. The number of amides is 1. The smallest absolute Gasteiger partial charge is 0.394 e. The number of nitrogens with zero attached hydrogens (tertiary/aromatic N) is 1. The molecule has 0 spiro atoms. The van der Waals surface area contributed by atoms with Crippen molar-refractivity contribution in [3.05, 3.63) is 95.1 Å². The fraction of sp³-hybridized carbons (Fsp3) is 0.345. The van der Waals surface area contributed by atoms with Crippen LogP contribution in [0.3, 0.4) is 0 Å². The van der Waals surface area contributed by atoms with Crippen molar-refractivity contribution in [3.63, 3.8) is 0 Å². The molecule has 0 saturated carbocycles. The highest BCUT2D eigenvalue weighted by molar-refractivity contribution is 7.91. The summed E-state index contributed by atoms with van der Waals surface area (Å²) >= 11 is 0. The molecule has 39 heavy (non-hydrogen) atoms. The van der Waals surface area contributed by atoms with E-state index in [1.807, 2.05) is 12.1 Å². The number of anilines is 1. The predicted octanol–water partition coefficient (Wildman–Crippen LogP) is 5.35. The molecule has 1 aliphatic rings. The first kappa shape index (κ1) is 28.6. The molecule has 4 rings (SSSR count). The number of hydrogen-bond acceptors (Lipinski definition) is 5. The molecule has 0 radical (unpaired) electrons. The Morgan fingerprint density at radius 3 is 2.23 bits per heavy atom. The second-order valence-corrected chi connectivity index (χ2v) is 11.9. The third-order valence-corrected chi connectivity index (χ3v) is 8.89. The van der Waals surface area contributed by atoms with Gasteiger partial charge >= 0.3 is 6.18 Å². The second-order valence-electron chi connectivity index (χ2n) is 9.63. The first-order chi connectivity index (χ1) is 18.5. The Morgan fingerprint density at radius 1 is 1.03 bits per heavy atom. The number of sulfone groups is 1. The number of rotatable bonds is 8. The highest BCUT2D eigenvalue weighted by Gasteiger charge is 2.30. The Kier molecular flexibility index (Phi) is 8.66. The average Bonchev–Trinajstić information content (AvgIpc) is 2.95. The topological polar surface area (TPSA) is 86.7 Å². The third kappa shape index (κ3) is 6.80. The summed E-state index contributed by atoms with van der Waals surface area (Å²) < 4.78 is 62.8. The number of nitrogens with one attached hydrogen (secondary N) is 1. The van der Waals surface area contributed by atoms with Gasteiger partial charge < -0.3 is 15.3 Å². The number of aliphatic hydroxyl groups excluding tert-OH is 1. The van der Waals surface area contributed by atoms with E-state index in [1.165, 1.54) is 12.1 Å². The standard InChI is InChI=1S/C29H31F3N2O4S/c1-2-39(37,38)26-15-9-21(10-16-26)27(19-35)33-28(36)22-7-13-25(14-8-22)34-17-3-4-23(18-34)20-5-11-24(12-6-20)29(30,31)32/h5-16,23,27,35H,2-4,17-19H2,1H3,(H,33,36)/t23-,27-/m0/s1. The summed E-state index contributed by atoms with van der Waals surface area (Å²) in [4.78, 5) is 15.2. The Balaban J connectivity index is 1.40. The van der Waals surface area contributed by atoms with Gasteiger partial charge in [0.1, 0.15) is 0 Å². The molecule has 0 unspecified atom stereocenters. The van der Waals surface area contributed by atoms with Crippen LogP contribution in [-0.4, -0.2) is 44.9 Å². The van der Waals surface area contributed by atoms with Gasteiger partial charge in [-0.25, -0.2) is 8.42 Å². The molecule has 1 aliphatic heterocycles.